The van der Waals surface area contributed by atoms with Crippen molar-refractivity contribution in [2.75, 3.05) is 0 Å². The van der Waals surface area contributed by atoms with Crippen molar-refractivity contribution in [3.05, 3.63) is 0 Å². The summed E-state index contributed by atoms with van der Waals surface area (Å²) in [4.78, 5) is 20.1. The van der Waals surface area contributed by atoms with E-state index >= 15 is 0 Å². The number of rotatable bonds is 5. The van der Waals surface area contributed by atoms with E-state index in [1.165, 1.54) is 0 Å². The highest BCUT2D eigenvalue weighted by molar-refractivity contribution is 6.63. The van der Waals surface area contributed by atoms with Gasteiger partial charge in [0.2, 0.25) is 0 Å². The quantitative estimate of drug-likeness (QED) is 0.435. The predicted octanol–water partition coefficient (Wildman–Crippen LogP) is -0.0247. The van der Waals surface area contributed by atoms with Crippen molar-refractivity contribution in [3.63, 3.8) is 0 Å². The lowest BCUT2D eigenvalue weighted by atomic mass is 10.1. The fraction of sp³-hybridized carbons (Fsp3) is 0.333. The lowest BCUT2D eigenvalue weighted by Crippen LogP contribution is -2.22. The maximum atomic E-state index is 10.1. The Morgan fingerprint density at radius 3 is 1.92 bits per heavy atom. The minimum atomic E-state index is -1.51. The van der Waals surface area contributed by atoms with Crippen molar-refractivity contribution in [1.82, 2.24) is 0 Å². The van der Waals surface area contributed by atoms with Gasteiger partial charge in [-0.15, -0.1) is 0 Å². The molecule has 0 radical (unpaired) electrons. The van der Waals surface area contributed by atoms with E-state index in [-0.39, 0.29) is 12.8 Å². The van der Waals surface area contributed by atoms with Crippen molar-refractivity contribution in [3.8, 4) is 0 Å². The molecule has 6 nitrogen and oxygen atoms in total. The summed E-state index contributed by atoms with van der Waals surface area (Å²) in [5.41, 5.74) is -1.32. The van der Waals surface area contributed by atoms with E-state index in [1.807, 2.05) is 0 Å². The molecule has 0 fully saturated rings. The normalized spacial score (nSPS) is 9.00. The molecule has 0 rings (SSSR count). The molecule has 0 unspecified atom stereocenters. The molecule has 12 heavy (non-hydrogen) atoms. The van der Waals surface area contributed by atoms with Crippen LogP contribution in [0.1, 0.15) is 12.8 Å². The zero-order valence-corrected chi connectivity index (χ0v) is 6.13. The molecule has 0 amide bonds. The number of carboxylic acids is 2. The predicted molar refractivity (Wildman–Crippen MR) is 40.0 cm³/mol. The van der Waals surface area contributed by atoms with E-state index < -0.39 is 23.4 Å². The highest BCUT2D eigenvalue weighted by Gasteiger charge is 2.13. The number of nitrogens with one attached hydrogen (secondary N) is 2. The molecular formula is C6H8N2O4. The van der Waals surface area contributed by atoms with Crippen LogP contribution >= 0.6 is 0 Å². The van der Waals surface area contributed by atoms with Crippen LogP contribution in [0.4, 0.5) is 0 Å². The molecule has 0 spiro atoms. The van der Waals surface area contributed by atoms with E-state index in [0.717, 1.165) is 0 Å². The third kappa shape index (κ3) is 3.45. The molecule has 0 aliphatic rings. The first-order valence-electron chi connectivity index (χ1n) is 3.06. The SMILES string of the molecule is N=C(CCC(=O)O)C(=N)C(=O)O. The monoisotopic (exact) mass is 172 g/mol. The van der Waals surface area contributed by atoms with E-state index in [0.29, 0.717) is 0 Å². The molecular weight excluding hydrogens is 164 g/mol. The van der Waals surface area contributed by atoms with Gasteiger partial charge in [-0.05, 0) is 0 Å². The molecule has 0 bridgehead atoms. The molecule has 0 aliphatic carbocycles. The Bertz CT molecular complexity index is 246. The van der Waals surface area contributed by atoms with Crippen LogP contribution < -0.4 is 0 Å². The molecule has 0 aromatic heterocycles. The molecule has 0 saturated carbocycles. The van der Waals surface area contributed by atoms with Gasteiger partial charge in [0.15, 0.2) is 5.71 Å². The summed E-state index contributed by atoms with van der Waals surface area (Å²) in [6.07, 6.45) is -0.547. The van der Waals surface area contributed by atoms with E-state index in [9.17, 15) is 9.59 Å². The number of aliphatic carboxylic acids is 2. The summed E-state index contributed by atoms with van der Waals surface area (Å²) in [5.74, 6) is -2.62. The summed E-state index contributed by atoms with van der Waals surface area (Å²) in [6.45, 7) is 0. The summed E-state index contributed by atoms with van der Waals surface area (Å²) >= 11 is 0. The average molecular weight is 172 g/mol. The van der Waals surface area contributed by atoms with Crippen LogP contribution in [0.25, 0.3) is 0 Å². The Kier molecular flexibility index (Phi) is 3.61. The second-order valence-corrected chi connectivity index (χ2v) is 2.05. The van der Waals surface area contributed by atoms with Crippen molar-refractivity contribution in [2.45, 2.75) is 12.8 Å². The Morgan fingerprint density at radius 1 is 1.08 bits per heavy atom. The van der Waals surface area contributed by atoms with Crippen molar-refractivity contribution in [2.24, 2.45) is 0 Å². The van der Waals surface area contributed by atoms with Crippen molar-refractivity contribution in [1.29, 1.82) is 10.8 Å². The first-order valence-corrected chi connectivity index (χ1v) is 3.06. The second-order valence-electron chi connectivity index (χ2n) is 2.05. The third-order valence-electron chi connectivity index (χ3n) is 1.10. The van der Waals surface area contributed by atoms with E-state index in [4.69, 9.17) is 21.0 Å². The van der Waals surface area contributed by atoms with Gasteiger partial charge < -0.3 is 15.6 Å². The third-order valence-corrected chi connectivity index (χ3v) is 1.10. The van der Waals surface area contributed by atoms with Crippen LogP contribution in [0.15, 0.2) is 0 Å². The summed E-state index contributed by atoms with van der Waals surface area (Å²) in [7, 11) is 0. The van der Waals surface area contributed by atoms with Crippen LogP contribution in [0.2, 0.25) is 0 Å². The first kappa shape index (κ1) is 10.3. The largest absolute Gasteiger partial charge is 0.481 e. The summed E-state index contributed by atoms with van der Waals surface area (Å²) in [5, 5.41) is 30.1. The van der Waals surface area contributed by atoms with Gasteiger partial charge in [-0.3, -0.25) is 10.2 Å². The summed E-state index contributed by atoms with van der Waals surface area (Å²) < 4.78 is 0. The zero-order chi connectivity index (χ0) is 9.72. The van der Waals surface area contributed by atoms with Gasteiger partial charge in [-0.1, -0.05) is 0 Å². The lowest BCUT2D eigenvalue weighted by Gasteiger charge is -1.97. The maximum absolute atomic E-state index is 10.1. The Balaban J connectivity index is 3.97. The van der Waals surface area contributed by atoms with Crippen LogP contribution in [-0.4, -0.2) is 33.6 Å². The van der Waals surface area contributed by atoms with Gasteiger partial charge in [0.1, 0.15) is 0 Å². The molecule has 0 atom stereocenters. The van der Waals surface area contributed by atoms with Gasteiger partial charge in [0.25, 0.3) is 0 Å². The molecule has 0 aromatic rings. The number of hydrogen-bond donors (Lipinski definition) is 4. The van der Waals surface area contributed by atoms with Gasteiger partial charge in [0, 0.05) is 6.42 Å². The van der Waals surface area contributed by atoms with Crippen LogP contribution in [-0.2, 0) is 9.59 Å². The van der Waals surface area contributed by atoms with Gasteiger partial charge in [-0.2, -0.15) is 0 Å². The Morgan fingerprint density at radius 2 is 1.58 bits per heavy atom. The van der Waals surface area contributed by atoms with Crippen LogP contribution in [0, 0.1) is 10.8 Å². The smallest absolute Gasteiger partial charge is 0.355 e. The van der Waals surface area contributed by atoms with Gasteiger partial charge in [-0.25, -0.2) is 4.79 Å². The summed E-state index contributed by atoms with van der Waals surface area (Å²) in [6, 6.07) is 0. The van der Waals surface area contributed by atoms with Crippen LogP contribution in [0.3, 0.4) is 0 Å². The van der Waals surface area contributed by atoms with Crippen molar-refractivity contribution < 1.29 is 19.8 Å². The zero-order valence-electron chi connectivity index (χ0n) is 6.13. The average Bonchev–Trinajstić information content (AvgIpc) is 1.98. The fourth-order valence-corrected chi connectivity index (χ4v) is 0.486. The van der Waals surface area contributed by atoms with Crippen molar-refractivity contribution >= 4 is 23.4 Å². The number of carboxylic acid groups (broad SMARTS) is 2. The second kappa shape index (κ2) is 4.22. The number of carbonyl (C=O) groups is 2. The minimum absolute atomic E-state index is 0.222. The van der Waals surface area contributed by atoms with E-state index in [1.54, 1.807) is 0 Å². The first-order chi connectivity index (χ1) is 5.45. The molecule has 4 N–H and O–H groups in total. The molecule has 0 heterocycles. The highest BCUT2D eigenvalue weighted by atomic mass is 16.4. The Labute approximate surface area is 67.8 Å². The standard InChI is InChI=1S/C6H8N2O4/c7-3(1-2-4(9)10)5(8)6(11)12/h7-8H,1-2H2,(H,9,10)(H,11,12). The Hall–Kier alpha value is -1.72. The maximum Gasteiger partial charge on any atom is 0.355 e. The fourth-order valence-electron chi connectivity index (χ4n) is 0.486. The molecule has 0 aliphatic heterocycles. The van der Waals surface area contributed by atoms with Gasteiger partial charge >= 0.3 is 11.9 Å². The topological polar surface area (TPSA) is 122 Å². The highest BCUT2D eigenvalue weighted by Crippen LogP contribution is 1.93. The van der Waals surface area contributed by atoms with Crippen LogP contribution in [0.5, 0.6) is 0 Å². The lowest BCUT2D eigenvalue weighted by molar-refractivity contribution is -0.137. The minimum Gasteiger partial charge on any atom is -0.481 e. The molecule has 0 aromatic carbocycles. The van der Waals surface area contributed by atoms with Gasteiger partial charge in [0.05, 0.1) is 12.1 Å². The molecule has 0 saturated heterocycles. The molecule has 6 heteroatoms. The van der Waals surface area contributed by atoms with E-state index in [2.05, 4.69) is 0 Å². The molecule has 66 valence electrons. The number of hydrogen-bond acceptors (Lipinski definition) is 4.